The Morgan fingerprint density at radius 1 is 1.40 bits per heavy atom. The lowest BCUT2D eigenvalue weighted by Gasteiger charge is -2.04. The molecule has 1 amide bonds. The first-order valence-corrected chi connectivity index (χ1v) is 5.74. The lowest BCUT2D eigenvalue weighted by molar-refractivity contribution is -0.134. The average molecular weight is 278 g/mol. The van der Waals surface area contributed by atoms with Crippen molar-refractivity contribution >= 4 is 23.3 Å². The molecule has 1 rings (SSSR count). The molecular formula is C12H14N4O4. The summed E-state index contributed by atoms with van der Waals surface area (Å²) >= 11 is 0. The molecule has 8 heteroatoms. The SMILES string of the molecule is CCOC(=O)C(=N\O)/C(C)=N/NC(=O)c1ccncc1. The Balaban J connectivity index is 2.74. The summed E-state index contributed by atoms with van der Waals surface area (Å²) in [5.41, 5.74) is 2.24. The van der Waals surface area contributed by atoms with Crippen molar-refractivity contribution in [3.63, 3.8) is 0 Å². The molecule has 0 aromatic carbocycles. The Morgan fingerprint density at radius 2 is 2.05 bits per heavy atom. The van der Waals surface area contributed by atoms with Gasteiger partial charge in [0.2, 0.25) is 5.71 Å². The molecular weight excluding hydrogens is 264 g/mol. The Kier molecular flexibility index (Phi) is 5.82. The molecule has 0 bridgehead atoms. The maximum atomic E-state index is 11.7. The molecule has 0 saturated carbocycles. The molecule has 0 aliphatic rings. The predicted octanol–water partition coefficient (Wildman–Crippen LogP) is 0.581. The zero-order valence-electron chi connectivity index (χ0n) is 11.0. The summed E-state index contributed by atoms with van der Waals surface area (Å²) in [5, 5.41) is 15.2. The monoisotopic (exact) mass is 278 g/mol. The number of nitrogens with one attached hydrogen (secondary N) is 1. The summed E-state index contributed by atoms with van der Waals surface area (Å²) in [4.78, 5) is 26.9. The Bertz CT molecular complexity index is 540. The Labute approximate surface area is 115 Å². The van der Waals surface area contributed by atoms with Gasteiger partial charge in [-0.3, -0.25) is 9.78 Å². The van der Waals surface area contributed by atoms with Crippen LogP contribution in [0.3, 0.4) is 0 Å². The van der Waals surface area contributed by atoms with Crippen molar-refractivity contribution in [2.45, 2.75) is 13.8 Å². The summed E-state index contributed by atoms with van der Waals surface area (Å²) in [7, 11) is 0. The average Bonchev–Trinajstić information content (AvgIpc) is 2.46. The minimum Gasteiger partial charge on any atom is -0.461 e. The van der Waals surface area contributed by atoms with Gasteiger partial charge in [-0.25, -0.2) is 10.2 Å². The van der Waals surface area contributed by atoms with Crippen molar-refractivity contribution in [3.8, 4) is 0 Å². The standard InChI is InChI=1S/C12H14N4O4/c1-3-20-12(18)10(16-19)8(2)14-15-11(17)9-4-6-13-7-5-9/h4-7,19H,3H2,1-2H3,(H,15,17)/b14-8+,16-10-. The number of hydrogen-bond acceptors (Lipinski definition) is 7. The fourth-order valence-electron chi connectivity index (χ4n) is 1.22. The van der Waals surface area contributed by atoms with Crippen LogP contribution in [0.4, 0.5) is 0 Å². The smallest absolute Gasteiger partial charge is 0.362 e. The van der Waals surface area contributed by atoms with E-state index in [1.54, 1.807) is 6.92 Å². The van der Waals surface area contributed by atoms with Gasteiger partial charge in [-0.2, -0.15) is 5.10 Å². The summed E-state index contributed by atoms with van der Waals surface area (Å²) in [5.74, 6) is -1.30. The number of hydrogen-bond donors (Lipinski definition) is 2. The van der Waals surface area contributed by atoms with E-state index in [1.165, 1.54) is 31.5 Å². The van der Waals surface area contributed by atoms with Crippen LogP contribution >= 0.6 is 0 Å². The van der Waals surface area contributed by atoms with Crippen LogP contribution in [0.5, 0.6) is 0 Å². The lowest BCUT2D eigenvalue weighted by atomic mass is 10.2. The summed E-state index contributed by atoms with van der Waals surface area (Å²) in [6, 6.07) is 3.01. The molecule has 1 aromatic rings. The number of esters is 1. The van der Waals surface area contributed by atoms with E-state index in [9.17, 15) is 9.59 Å². The van der Waals surface area contributed by atoms with Crippen LogP contribution in [-0.2, 0) is 9.53 Å². The molecule has 0 aliphatic heterocycles. The Hall–Kier alpha value is -2.77. The second kappa shape index (κ2) is 7.62. The van der Waals surface area contributed by atoms with Crippen molar-refractivity contribution in [1.82, 2.24) is 10.4 Å². The number of pyridine rings is 1. The second-order valence-electron chi connectivity index (χ2n) is 3.54. The number of oxime groups is 1. The van der Waals surface area contributed by atoms with E-state index in [4.69, 9.17) is 5.21 Å². The number of ether oxygens (including phenoxy) is 1. The molecule has 0 radical (unpaired) electrons. The maximum Gasteiger partial charge on any atom is 0.362 e. The molecule has 1 heterocycles. The molecule has 0 unspecified atom stereocenters. The van der Waals surface area contributed by atoms with Gasteiger partial charge in [0, 0.05) is 18.0 Å². The number of hydrazone groups is 1. The number of carbonyl (C=O) groups is 2. The summed E-state index contributed by atoms with van der Waals surface area (Å²) in [6.45, 7) is 3.15. The van der Waals surface area contributed by atoms with Gasteiger partial charge in [-0.1, -0.05) is 5.16 Å². The number of amides is 1. The first-order valence-electron chi connectivity index (χ1n) is 5.74. The predicted molar refractivity (Wildman–Crippen MR) is 70.7 cm³/mol. The Morgan fingerprint density at radius 3 is 2.60 bits per heavy atom. The minimum absolute atomic E-state index is 0.0216. The third-order valence-corrected chi connectivity index (χ3v) is 2.18. The zero-order chi connectivity index (χ0) is 15.0. The van der Waals surface area contributed by atoms with Crippen molar-refractivity contribution in [3.05, 3.63) is 30.1 Å². The number of carbonyl (C=O) groups excluding carboxylic acids is 2. The molecule has 0 atom stereocenters. The van der Waals surface area contributed by atoms with Gasteiger partial charge >= 0.3 is 5.97 Å². The number of nitrogens with zero attached hydrogens (tertiary/aromatic N) is 3. The highest BCUT2D eigenvalue weighted by Crippen LogP contribution is 1.96. The molecule has 20 heavy (non-hydrogen) atoms. The third kappa shape index (κ3) is 4.16. The van der Waals surface area contributed by atoms with Crippen LogP contribution in [0.15, 0.2) is 34.8 Å². The molecule has 0 fully saturated rings. The third-order valence-electron chi connectivity index (χ3n) is 2.18. The fourth-order valence-corrected chi connectivity index (χ4v) is 1.22. The lowest BCUT2D eigenvalue weighted by Crippen LogP contribution is -2.28. The molecule has 0 spiro atoms. The van der Waals surface area contributed by atoms with Crippen LogP contribution in [-0.4, -0.2) is 40.1 Å². The molecule has 2 N–H and O–H groups in total. The number of aromatic nitrogens is 1. The summed E-state index contributed by atoms with van der Waals surface area (Å²) in [6.07, 6.45) is 2.93. The quantitative estimate of drug-likeness (QED) is 0.354. The van der Waals surface area contributed by atoms with E-state index in [0.29, 0.717) is 5.56 Å². The summed E-state index contributed by atoms with van der Waals surface area (Å²) < 4.78 is 4.68. The molecule has 8 nitrogen and oxygen atoms in total. The van der Waals surface area contributed by atoms with Crippen LogP contribution in [0.1, 0.15) is 24.2 Å². The van der Waals surface area contributed by atoms with Gasteiger partial charge in [0.1, 0.15) is 0 Å². The normalized spacial score (nSPS) is 11.9. The topological polar surface area (TPSA) is 113 Å². The van der Waals surface area contributed by atoms with Crippen molar-refractivity contribution in [1.29, 1.82) is 0 Å². The van der Waals surface area contributed by atoms with Crippen molar-refractivity contribution in [2.75, 3.05) is 6.61 Å². The van der Waals surface area contributed by atoms with Crippen LogP contribution in [0, 0.1) is 0 Å². The highest BCUT2D eigenvalue weighted by Gasteiger charge is 2.17. The van der Waals surface area contributed by atoms with Gasteiger partial charge in [0.05, 0.1) is 12.3 Å². The fraction of sp³-hybridized carbons (Fsp3) is 0.250. The van der Waals surface area contributed by atoms with Gasteiger partial charge in [-0.05, 0) is 26.0 Å². The van der Waals surface area contributed by atoms with E-state index in [-0.39, 0.29) is 18.0 Å². The van der Waals surface area contributed by atoms with Gasteiger partial charge in [0.15, 0.2) is 0 Å². The first kappa shape index (κ1) is 15.3. The first-order chi connectivity index (χ1) is 9.60. The highest BCUT2D eigenvalue weighted by molar-refractivity contribution is 6.65. The van der Waals surface area contributed by atoms with Crippen molar-refractivity contribution < 1.29 is 19.5 Å². The molecule has 0 saturated heterocycles. The van der Waals surface area contributed by atoms with E-state index < -0.39 is 11.9 Å². The highest BCUT2D eigenvalue weighted by atomic mass is 16.5. The minimum atomic E-state index is -0.825. The van der Waals surface area contributed by atoms with Gasteiger partial charge in [-0.15, -0.1) is 0 Å². The van der Waals surface area contributed by atoms with E-state index in [0.717, 1.165) is 0 Å². The van der Waals surface area contributed by atoms with Crippen molar-refractivity contribution in [2.24, 2.45) is 10.3 Å². The second-order valence-corrected chi connectivity index (χ2v) is 3.54. The van der Waals surface area contributed by atoms with Gasteiger partial charge in [0.25, 0.3) is 5.91 Å². The maximum absolute atomic E-state index is 11.7. The largest absolute Gasteiger partial charge is 0.461 e. The van der Waals surface area contributed by atoms with Gasteiger partial charge < -0.3 is 9.94 Å². The van der Waals surface area contributed by atoms with Crippen LogP contribution in [0.2, 0.25) is 0 Å². The number of rotatable bonds is 5. The van der Waals surface area contributed by atoms with Crippen LogP contribution < -0.4 is 5.43 Å². The van der Waals surface area contributed by atoms with E-state index in [2.05, 4.69) is 25.4 Å². The van der Waals surface area contributed by atoms with Crippen LogP contribution in [0.25, 0.3) is 0 Å². The van der Waals surface area contributed by atoms with E-state index >= 15 is 0 Å². The molecule has 1 aromatic heterocycles. The van der Waals surface area contributed by atoms with E-state index in [1.807, 2.05) is 0 Å². The molecule has 106 valence electrons. The zero-order valence-corrected chi connectivity index (χ0v) is 11.0. The molecule has 0 aliphatic carbocycles.